The van der Waals surface area contributed by atoms with Gasteiger partial charge in [-0.05, 0) is 74.5 Å². The summed E-state index contributed by atoms with van der Waals surface area (Å²) in [5.74, 6) is -1.22. The Morgan fingerprint density at radius 2 is 1.38 bits per heavy atom. The quantitative estimate of drug-likeness (QED) is 0.300. The molecule has 0 bridgehead atoms. The molecule has 4 aromatic rings. The summed E-state index contributed by atoms with van der Waals surface area (Å²) in [5.41, 5.74) is 1.40. The molecule has 4 rings (SSSR count). The Balaban J connectivity index is 1.50. The number of carbonyl (C=O) groups is 1. The van der Waals surface area contributed by atoms with Crippen molar-refractivity contribution in [2.24, 2.45) is 0 Å². The van der Waals surface area contributed by atoms with Gasteiger partial charge in [-0.2, -0.15) is 0 Å². The number of anilines is 3. The summed E-state index contributed by atoms with van der Waals surface area (Å²) in [5, 5.41) is 6.32. The molecule has 0 saturated heterocycles. The highest BCUT2D eigenvalue weighted by Gasteiger charge is 2.21. The second-order valence-electron chi connectivity index (χ2n) is 7.91. The molecule has 1 aromatic heterocycles. The molecular weight excluding hydrogens is 523 g/mol. The molecule has 13 heteroatoms. The lowest BCUT2D eigenvalue weighted by Gasteiger charge is -2.13. The predicted molar refractivity (Wildman–Crippen MR) is 135 cm³/mol. The molecule has 0 aliphatic carbocycles. The van der Waals surface area contributed by atoms with Gasteiger partial charge >= 0.3 is 0 Å². The number of amides is 1. The van der Waals surface area contributed by atoms with Crippen molar-refractivity contribution in [2.75, 3.05) is 14.8 Å². The van der Waals surface area contributed by atoms with E-state index in [0.717, 1.165) is 24.3 Å². The lowest BCUT2D eigenvalue weighted by Crippen LogP contribution is -2.18. The number of nitrogens with zero attached hydrogens (tertiary/aromatic N) is 1. The fraction of sp³-hybridized carbons (Fsp3) is 0.0833. The molecule has 1 heterocycles. The van der Waals surface area contributed by atoms with Gasteiger partial charge in [-0.1, -0.05) is 17.3 Å². The first kappa shape index (κ1) is 25.9. The van der Waals surface area contributed by atoms with E-state index in [0.29, 0.717) is 11.3 Å². The van der Waals surface area contributed by atoms with Crippen LogP contribution in [0.2, 0.25) is 0 Å². The van der Waals surface area contributed by atoms with Gasteiger partial charge in [-0.25, -0.2) is 25.9 Å². The number of para-hydroxylation sites is 1. The van der Waals surface area contributed by atoms with Crippen molar-refractivity contribution in [1.82, 2.24) is 5.16 Å². The second kappa shape index (κ2) is 10.0. The Bertz CT molecular complexity index is 1670. The zero-order valence-electron chi connectivity index (χ0n) is 19.5. The second-order valence-corrected chi connectivity index (χ2v) is 11.3. The molecule has 3 N–H and O–H groups in total. The minimum absolute atomic E-state index is 0.00504. The highest BCUT2D eigenvalue weighted by Crippen LogP contribution is 2.24. The van der Waals surface area contributed by atoms with Crippen LogP contribution < -0.4 is 14.8 Å². The van der Waals surface area contributed by atoms with E-state index in [-0.39, 0.29) is 32.6 Å². The summed E-state index contributed by atoms with van der Waals surface area (Å²) in [6.45, 7) is 3.35. The maximum atomic E-state index is 13.2. The molecule has 0 spiro atoms. The van der Waals surface area contributed by atoms with E-state index in [1.54, 1.807) is 26.0 Å². The fourth-order valence-electron chi connectivity index (χ4n) is 3.19. The SMILES string of the molecule is Cc1noc(NS(=O)(=O)c2ccc(NC(=O)c3ccccc3NS(=O)(=O)c3ccc(F)cc3)cc2)c1C. The van der Waals surface area contributed by atoms with Gasteiger partial charge in [0, 0.05) is 11.3 Å². The molecule has 0 aliphatic heterocycles. The van der Waals surface area contributed by atoms with Gasteiger partial charge in [-0.3, -0.25) is 9.52 Å². The lowest BCUT2D eigenvalue weighted by atomic mass is 10.1. The number of rotatable bonds is 8. The smallest absolute Gasteiger partial charge is 0.264 e. The summed E-state index contributed by atoms with van der Waals surface area (Å²) in [7, 11) is -8.06. The van der Waals surface area contributed by atoms with Gasteiger partial charge in [0.2, 0.25) is 5.88 Å². The highest BCUT2D eigenvalue weighted by molar-refractivity contribution is 7.93. The molecule has 3 aromatic carbocycles. The standard InChI is InChI=1S/C24H21FN4O6S2/c1-15-16(2)27-35-24(15)29-37(33,34)20-13-9-18(10-14-20)26-23(30)21-5-3-4-6-22(21)28-36(31,32)19-11-7-17(25)8-12-19/h3-14,28-29H,1-2H3,(H,26,30). The summed E-state index contributed by atoms with van der Waals surface area (Å²) in [6.07, 6.45) is 0. The first-order valence-electron chi connectivity index (χ1n) is 10.7. The molecule has 0 saturated carbocycles. The van der Waals surface area contributed by atoms with Gasteiger partial charge in [-0.15, -0.1) is 0 Å². The predicted octanol–water partition coefficient (Wildman–Crippen LogP) is 4.28. The van der Waals surface area contributed by atoms with Crippen molar-refractivity contribution in [3.05, 3.63) is 95.4 Å². The Hall–Kier alpha value is -4.23. The van der Waals surface area contributed by atoms with Crippen LogP contribution in [0.5, 0.6) is 0 Å². The van der Waals surface area contributed by atoms with Crippen molar-refractivity contribution in [1.29, 1.82) is 0 Å². The first-order chi connectivity index (χ1) is 17.5. The van der Waals surface area contributed by atoms with E-state index in [1.165, 1.54) is 36.4 Å². The van der Waals surface area contributed by atoms with Crippen LogP contribution in [0.3, 0.4) is 0 Å². The maximum absolute atomic E-state index is 13.2. The van der Waals surface area contributed by atoms with Crippen LogP contribution in [0, 0.1) is 19.7 Å². The van der Waals surface area contributed by atoms with E-state index in [1.807, 2.05) is 0 Å². The fourth-order valence-corrected chi connectivity index (χ4v) is 5.32. The van der Waals surface area contributed by atoms with Gasteiger partial charge in [0.25, 0.3) is 26.0 Å². The van der Waals surface area contributed by atoms with Crippen LogP contribution in [-0.4, -0.2) is 27.9 Å². The van der Waals surface area contributed by atoms with Crippen molar-refractivity contribution >= 4 is 43.2 Å². The van der Waals surface area contributed by atoms with Crippen LogP contribution in [0.15, 0.2) is 87.1 Å². The van der Waals surface area contributed by atoms with Crippen molar-refractivity contribution in [3.8, 4) is 0 Å². The minimum Gasteiger partial charge on any atom is -0.337 e. The Morgan fingerprint density at radius 1 is 0.811 bits per heavy atom. The third kappa shape index (κ3) is 5.78. The summed E-state index contributed by atoms with van der Waals surface area (Å²) in [6, 6.07) is 15.5. The average Bonchev–Trinajstić information content (AvgIpc) is 3.16. The zero-order chi connectivity index (χ0) is 26.8. The van der Waals surface area contributed by atoms with Crippen LogP contribution in [-0.2, 0) is 20.0 Å². The third-order valence-corrected chi connectivity index (χ3v) is 8.07. The molecule has 0 aliphatic rings. The maximum Gasteiger partial charge on any atom is 0.264 e. The van der Waals surface area contributed by atoms with Crippen LogP contribution in [0.4, 0.5) is 21.6 Å². The van der Waals surface area contributed by atoms with Crippen LogP contribution in [0.1, 0.15) is 21.6 Å². The van der Waals surface area contributed by atoms with Gasteiger partial charge in [0.15, 0.2) is 0 Å². The van der Waals surface area contributed by atoms with Crippen molar-refractivity contribution in [2.45, 2.75) is 23.6 Å². The first-order valence-corrected chi connectivity index (χ1v) is 13.7. The Labute approximate surface area is 212 Å². The number of hydrogen-bond donors (Lipinski definition) is 3. The summed E-state index contributed by atoms with van der Waals surface area (Å²) in [4.78, 5) is 12.7. The number of hydrogen-bond acceptors (Lipinski definition) is 7. The Kier molecular flexibility index (Phi) is 7.01. The molecule has 0 atom stereocenters. The van der Waals surface area contributed by atoms with Crippen LogP contribution >= 0.6 is 0 Å². The molecule has 0 unspecified atom stereocenters. The highest BCUT2D eigenvalue weighted by atomic mass is 32.2. The van der Waals surface area contributed by atoms with Crippen molar-refractivity contribution in [3.63, 3.8) is 0 Å². The van der Waals surface area contributed by atoms with E-state index < -0.39 is 31.8 Å². The number of halogens is 1. The number of aryl methyl sites for hydroxylation is 1. The third-order valence-electron chi connectivity index (χ3n) is 5.35. The lowest BCUT2D eigenvalue weighted by molar-refractivity contribution is 0.102. The molecule has 37 heavy (non-hydrogen) atoms. The molecule has 0 radical (unpaired) electrons. The molecule has 10 nitrogen and oxygen atoms in total. The summed E-state index contributed by atoms with van der Waals surface area (Å²) >= 11 is 0. The van der Waals surface area contributed by atoms with E-state index >= 15 is 0 Å². The van der Waals surface area contributed by atoms with Gasteiger partial charge in [0.1, 0.15) is 5.82 Å². The van der Waals surface area contributed by atoms with Gasteiger partial charge in [0.05, 0.1) is 26.7 Å². The van der Waals surface area contributed by atoms with E-state index in [4.69, 9.17) is 4.52 Å². The normalized spacial score (nSPS) is 11.6. The molecule has 0 fully saturated rings. The van der Waals surface area contributed by atoms with E-state index in [9.17, 15) is 26.0 Å². The molecule has 1 amide bonds. The monoisotopic (exact) mass is 544 g/mol. The number of aromatic nitrogens is 1. The van der Waals surface area contributed by atoms with E-state index in [2.05, 4.69) is 19.9 Å². The molecular formula is C24H21FN4O6S2. The zero-order valence-corrected chi connectivity index (χ0v) is 21.2. The Morgan fingerprint density at radius 3 is 1.97 bits per heavy atom. The van der Waals surface area contributed by atoms with Gasteiger partial charge < -0.3 is 9.84 Å². The number of carbonyl (C=O) groups excluding carboxylic acids is 1. The van der Waals surface area contributed by atoms with Crippen molar-refractivity contribution < 1.29 is 30.5 Å². The minimum atomic E-state index is -4.09. The molecule has 192 valence electrons. The number of sulfonamides is 2. The topological polar surface area (TPSA) is 147 Å². The summed E-state index contributed by atoms with van der Waals surface area (Å²) < 4.78 is 73.5. The van der Waals surface area contributed by atoms with Crippen LogP contribution in [0.25, 0.3) is 0 Å². The largest absolute Gasteiger partial charge is 0.337 e. The average molecular weight is 545 g/mol. The number of nitrogens with one attached hydrogen (secondary N) is 3. The number of benzene rings is 3.